The maximum Gasteiger partial charge on any atom is 0.224 e. The molecule has 36 heavy (non-hydrogen) atoms. The van der Waals surface area contributed by atoms with Crippen molar-refractivity contribution in [3.8, 4) is 16.6 Å². The Labute approximate surface area is 222 Å². The van der Waals surface area contributed by atoms with E-state index in [1.165, 1.54) is 29.2 Å². The average Bonchev–Trinajstić information content (AvgIpc) is 3.16. The zero-order valence-corrected chi connectivity index (χ0v) is 23.1. The Morgan fingerprint density at radius 1 is 1.17 bits per heavy atom. The van der Waals surface area contributed by atoms with Crippen LogP contribution in [0.1, 0.15) is 38.1 Å². The van der Waals surface area contributed by atoms with E-state index in [4.69, 9.17) is 4.74 Å². The van der Waals surface area contributed by atoms with E-state index in [1.54, 1.807) is 24.3 Å². The highest BCUT2D eigenvalue weighted by molar-refractivity contribution is 9.10. The van der Waals surface area contributed by atoms with Crippen LogP contribution in [0, 0.1) is 5.41 Å². The molecule has 2 aliphatic rings. The maximum absolute atomic E-state index is 13.8. The summed E-state index contributed by atoms with van der Waals surface area (Å²) >= 11 is 4.76. The molecular formula is C26H25BrN2O5S2. The Kier molecular flexibility index (Phi) is 6.17. The molecule has 1 unspecified atom stereocenters. The number of fused-ring (bicyclic) bond motifs is 1. The molecule has 0 saturated carbocycles. The minimum Gasteiger partial charge on any atom is -0.506 e. The number of benzene rings is 2. The van der Waals surface area contributed by atoms with Crippen LogP contribution in [0.3, 0.4) is 0 Å². The van der Waals surface area contributed by atoms with E-state index in [0.717, 1.165) is 4.47 Å². The Hall–Kier alpha value is -2.82. The number of hydrogen-bond donors (Lipinski definition) is 2. The van der Waals surface area contributed by atoms with Crippen LogP contribution in [0.4, 0.5) is 11.4 Å². The lowest BCUT2D eigenvalue weighted by atomic mass is 9.89. The summed E-state index contributed by atoms with van der Waals surface area (Å²) in [5.74, 6) is 0.177. The van der Waals surface area contributed by atoms with E-state index in [9.17, 15) is 18.3 Å². The predicted octanol–water partition coefficient (Wildman–Crippen LogP) is 6.58. The second-order valence-corrected chi connectivity index (χ2v) is 13.6. The molecule has 2 N–H and O–H groups in total. The van der Waals surface area contributed by atoms with Crippen molar-refractivity contribution in [2.75, 3.05) is 16.0 Å². The number of sulfone groups is 1. The second kappa shape index (κ2) is 8.93. The van der Waals surface area contributed by atoms with Gasteiger partial charge in [-0.15, -0.1) is 11.3 Å². The summed E-state index contributed by atoms with van der Waals surface area (Å²) < 4.78 is 34.4. The monoisotopic (exact) mass is 588 g/mol. The van der Waals surface area contributed by atoms with E-state index in [1.807, 2.05) is 38.1 Å². The molecule has 0 fully saturated rings. The first-order chi connectivity index (χ1) is 17.0. The molecule has 188 valence electrons. The van der Waals surface area contributed by atoms with Crippen molar-refractivity contribution >= 4 is 54.4 Å². The number of ether oxygens (including phenoxy) is 1. The first-order valence-electron chi connectivity index (χ1n) is 11.3. The van der Waals surface area contributed by atoms with Gasteiger partial charge < -0.3 is 15.2 Å². The molecule has 2 aromatic carbocycles. The normalized spacial score (nSPS) is 20.1. The standard InChI is InChI=1S/C26H25BrN2O5S2/c1-15(30)29-18-8-6-9-19(31)23(18)28-17-13-26(2,3)14-36(32,33)25(17)24(29)21-11-12-22(35-21)34-20-10-5-4-7-16(20)27/h4-12,24,28,31H,13-14H2,1-3H3. The average molecular weight is 590 g/mol. The third-order valence-electron chi connectivity index (χ3n) is 6.19. The predicted molar refractivity (Wildman–Crippen MR) is 145 cm³/mol. The number of rotatable bonds is 3. The number of phenolic OH excluding ortho intramolecular Hbond substituents is 1. The molecule has 0 bridgehead atoms. The van der Waals surface area contributed by atoms with Gasteiger partial charge in [-0.1, -0.05) is 32.0 Å². The minimum absolute atomic E-state index is 0.0449. The van der Waals surface area contributed by atoms with Gasteiger partial charge in [-0.3, -0.25) is 9.69 Å². The Morgan fingerprint density at radius 3 is 2.64 bits per heavy atom. The number of phenols is 1. The van der Waals surface area contributed by atoms with Crippen molar-refractivity contribution in [1.29, 1.82) is 0 Å². The lowest BCUT2D eigenvalue weighted by Crippen LogP contribution is -2.40. The lowest BCUT2D eigenvalue weighted by Gasteiger charge is -2.36. The van der Waals surface area contributed by atoms with Crippen LogP contribution in [0.5, 0.6) is 16.6 Å². The van der Waals surface area contributed by atoms with Crippen molar-refractivity contribution in [3.63, 3.8) is 0 Å². The number of thiophene rings is 1. The summed E-state index contributed by atoms with van der Waals surface area (Å²) in [5.41, 5.74) is 0.701. The van der Waals surface area contributed by atoms with Crippen molar-refractivity contribution in [1.82, 2.24) is 0 Å². The topological polar surface area (TPSA) is 95.9 Å². The summed E-state index contributed by atoms with van der Waals surface area (Å²) in [7, 11) is -3.77. The fourth-order valence-corrected chi connectivity index (χ4v) is 8.65. The second-order valence-electron chi connectivity index (χ2n) is 9.72. The number of nitrogens with zero attached hydrogens (tertiary/aromatic N) is 1. The summed E-state index contributed by atoms with van der Waals surface area (Å²) in [4.78, 5) is 15.4. The highest BCUT2D eigenvalue weighted by Gasteiger charge is 2.47. The molecule has 0 aliphatic carbocycles. The van der Waals surface area contributed by atoms with Gasteiger partial charge in [0.15, 0.2) is 14.9 Å². The van der Waals surface area contributed by atoms with Gasteiger partial charge in [0.05, 0.1) is 20.8 Å². The molecule has 5 rings (SSSR count). The molecule has 0 spiro atoms. The van der Waals surface area contributed by atoms with Crippen LogP contribution >= 0.6 is 27.3 Å². The first kappa shape index (κ1) is 24.9. The molecule has 3 aromatic rings. The summed E-state index contributed by atoms with van der Waals surface area (Å²) in [6.45, 7) is 5.20. The zero-order valence-electron chi connectivity index (χ0n) is 19.9. The molecule has 2 aliphatic heterocycles. The molecule has 1 atom stereocenters. The number of amides is 1. The number of nitrogens with one attached hydrogen (secondary N) is 1. The van der Waals surface area contributed by atoms with Crippen LogP contribution in [-0.4, -0.2) is 25.2 Å². The van der Waals surface area contributed by atoms with Crippen LogP contribution in [0.2, 0.25) is 0 Å². The summed E-state index contributed by atoms with van der Waals surface area (Å²) in [5, 5.41) is 14.5. The molecule has 10 heteroatoms. The van der Waals surface area contributed by atoms with Crippen LogP contribution < -0.4 is 15.0 Å². The Morgan fingerprint density at radius 2 is 1.92 bits per heavy atom. The van der Waals surface area contributed by atoms with E-state index < -0.39 is 21.3 Å². The number of halogens is 1. The SMILES string of the molecule is CC(=O)N1c2cccc(O)c2NC2=C(C1c1ccc(Oc3ccccc3Br)s1)S(=O)(=O)CC(C)(C)C2. The maximum atomic E-state index is 13.8. The van der Waals surface area contributed by atoms with Crippen molar-refractivity contribution in [2.45, 2.75) is 33.2 Å². The number of allylic oxidation sites excluding steroid dienone is 1. The first-order valence-corrected chi connectivity index (χ1v) is 14.6. The Bertz CT molecular complexity index is 1510. The zero-order chi connectivity index (χ0) is 25.8. The summed E-state index contributed by atoms with van der Waals surface area (Å²) in [6, 6.07) is 15.0. The van der Waals surface area contributed by atoms with E-state index in [0.29, 0.717) is 39.2 Å². The molecule has 1 aromatic heterocycles. The van der Waals surface area contributed by atoms with E-state index in [-0.39, 0.29) is 22.3 Å². The van der Waals surface area contributed by atoms with Gasteiger partial charge in [-0.05, 0) is 64.2 Å². The highest BCUT2D eigenvalue weighted by Crippen LogP contribution is 2.52. The van der Waals surface area contributed by atoms with Crippen LogP contribution in [-0.2, 0) is 14.6 Å². The van der Waals surface area contributed by atoms with Crippen molar-refractivity contribution in [2.24, 2.45) is 5.41 Å². The molecule has 7 nitrogen and oxygen atoms in total. The van der Waals surface area contributed by atoms with Gasteiger partial charge in [-0.2, -0.15) is 0 Å². The number of anilines is 2. The van der Waals surface area contributed by atoms with Crippen molar-refractivity contribution < 1.29 is 23.1 Å². The molecule has 1 amide bonds. The molecule has 3 heterocycles. The van der Waals surface area contributed by atoms with Gasteiger partial charge in [0.2, 0.25) is 5.91 Å². The van der Waals surface area contributed by atoms with Gasteiger partial charge in [0, 0.05) is 17.5 Å². The van der Waals surface area contributed by atoms with E-state index >= 15 is 0 Å². The Balaban J connectivity index is 1.71. The quantitative estimate of drug-likeness (QED) is 0.335. The smallest absolute Gasteiger partial charge is 0.224 e. The largest absolute Gasteiger partial charge is 0.506 e. The number of aromatic hydroxyl groups is 1. The number of para-hydroxylation sites is 2. The van der Waals surface area contributed by atoms with Gasteiger partial charge >= 0.3 is 0 Å². The number of carbonyl (C=O) groups excluding carboxylic acids is 1. The number of carbonyl (C=O) groups is 1. The van der Waals surface area contributed by atoms with Crippen LogP contribution in [0.15, 0.2) is 69.7 Å². The fourth-order valence-electron chi connectivity index (χ4n) is 4.88. The van der Waals surface area contributed by atoms with E-state index in [2.05, 4.69) is 21.2 Å². The minimum atomic E-state index is -3.77. The third kappa shape index (κ3) is 4.42. The van der Waals surface area contributed by atoms with Gasteiger partial charge in [0.1, 0.15) is 23.2 Å². The molecule has 0 saturated heterocycles. The van der Waals surface area contributed by atoms with Gasteiger partial charge in [-0.25, -0.2) is 8.42 Å². The van der Waals surface area contributed by atoms with Gasteiger partial charge in [0.25, 0.3) is 0 Å². The number of hydrogen-bond acceptors (Lipinski definition) is 7. The highest BCUT2D eigenvalue weighted by atomic mass is 79.9. The molecule has 0 radical (unpaired) electrons. The lowest BCUT2D eigenvalue weighted by molar-refractivity contribution is -0.116. The van der Waals surface area contributed by atoms with Crippen LogP contribution in [0.25, 0.3) is 0 Å². The molecular weight excluding hydrogens is 564 g/mol. The van der Waals surface area contributed by atoms with Crippen molar-refractivity contribution in [3.05, 3.63) is 74.5 Å². The summed E-state index contributed by atoms with van der Waals surface area (Å²) in [6.07, 6.45) is 0.448. The third-order valence-corrected chi connectivity index (χ3v) is 10.2. The fraction of sp³-hybridized carbons (Fsp3) is 0.269.